The van der Waals surface area contributed by atoms with Crippen LogP contribution in [0, 0.1) is 6.92 Å². The first-order valence-electron chi connectivity index (χ1n) is 7.55. The van der Waals surface area contributed by atoms with E-state index >= 15 is 0 Å². The number of rotatable bonds is 5. The van der Waals surface area contributed by atoms with E-state index in [1.807, 2.05) is 25.1 Å². The van der Waals surface area contributed by atoms with Gasteiger partial charge in [-0.3, -0.25) is 4.79 Å². The van der Waals surface area contributed by atoms with Crippen LogP contribution in [-0.2, 0) is 4.79 Å². The van der Waals surface area contributed by atoms with Crippen molar-refractivity contribution in [2.45, 2.75) is 19.8 Å². The van der Waals surface area contributed by atoms with Gasteiger partial charge in [-0.15, -0.1) is 11.3 Å². The highest BCUT2D eigenvalue weighted by atomic mass is 32.1. The maximum absolute atomic E-state index is 11.8. The van der Waals surface area contributed by atoms with Crippen molar-refractivity contribution in [1.29, 1.82) is 0 Å². The summed E-state index contributed by atoms with van der Waals surface area (Å²) in [6.07, 6.45) is 1.08. The maximum atomic E-state index is 11.8. The van der Waals surface area contributed by atoms with Crippen LogP contribution in [0.1, 0.15) is 17.7 Å². The summed E-state index contributed by atoms with van der Waals surface area (Å²) in [6.45, 7) is 3.61. The van der Waals surface area contributed by atoms with Crippen LogP contribution in [0.25, 0.3) is 11.3 Å². The second-order valence-corrected chi connectivity index (χ2v) is 6.43. The Bertz CT molecular complexity index is 715. The number of benzene rings is 1. The predicted octanol–water partition coefficient (Wildman–Crippen LogP) is 2.57. The van der Waals surface area contributed by atoms with Gasteiger partial charge in [0.25, 0.3) is 0 Å². The second-order valence-electron chi connectivity index (χ2n) is 5.22. The number of anilines is 1. The molecule has 0 radical (unpaired) electrons. The molecule has 23 heavy (non-hydrogen) atoms. The van der Waals surface area contributed by atoms with E-state index in [0.29, 0.717) is 37.7 Å². The van der Waals surface area contributed by atoms with Crippen LogP contribution in [0.2, 0.25) is 0 Å². The Kier molecular flexibility index (Phi) is 4.78. The van der Waals surface area contributed by atoms with E-state index in [1.54, 1.807) is 0 Å². The summed E-state index contributed by atoms with van der Waals surface area (Å²) in [6, 6.07) is 5.77. The zero-order valence-electron chi connectivity index (χ0n) is 12.9. The van der Waals surface area contributed by atoms with Gasteiger partial charge in [-0.25, -0.2) is 4.98 Å². The summed E-state index contributed by atoms with van der Waals surface area (Å²) in [5.41, 5.74) is 7.21. The van der Waals surface area contributed by atoms with Crippen LogP contribution in [-0.4, -0.2) is 30.6 Å². The molecule has 0 aliphatic carbocycles. The molecule has 7 heteroatoms. The van der Waals surface area contributed by atoms with E-state index in [1.165, 1.54) is 11.3 Å². The monoisotopic (exact) mass is 333 g/mol. The topological polar surface area (TPSA) is 86.5 Å². The lowest BCUT2D eigenvalue weighted by Gasteiger charge is -2.18. The minimum atomic E-state index is -0.0575. The van der Waals surface area contributed by atoms with Crippen LogP contribution in [0.5, 0.6) is 11.5 Å². The Balaban J connectivity index is 1.79. The number of carbonyl (C=O) groups excluding carboxylic acids is 1. The van der Waals surface area contributed by atoms with Gasteiger partial charge in [-0.2, -0.15) is 0 Å². The molecular formula is C16H19N3O3S. The van der Waals surface area contributed by atoms with E-state index < -0.39 is 0 Å². The molecule has 0 unspecified atom stereocenters. The first kappa shape index (κ1) is 15.8. The summed E-state index contributed by atoms with van der Waals surface area (Å²) < 4.78 is 11.1. The van der Waals surface area contributed by atoms with Crippen molar-refractivity contribution in [3.05, 3.63) is 23.1 Å². The first-order chi connectivity index (χ1) is 11.2. The number of hydrogen-bond donors (Lipinski definition) is 2. The molecule has 0 saturated heterocycles. The lowest BCUT2D eigenvalue weighted by molar-refractivity contribution is -0.116. The van der Waals surface area contributed by atoms with E-state index in [-0.39, 0.29) is 5.91 Å². The van der Waals surface area contributed by atoms with Gasteiger partial charge in [0.2, 0.25) is 5.91 Å². The number of hydrogen-bond acceptors (Lipinski definition) is 6. The highest BCUT2D eigenvalue weighted by Gasteiger charge is 2.16. The largest absolute Gasteiger partial charge is 0.486 e. The Morgan fingerprint density at radius 2 is 2.13 bits per heavy atom. The Hall–Kier alpha value is -2.12. The van der Waals surface area contributed by atoms with Crippen molar-refractivity contribution in [3.8, 4) is 22.8 Å². The molecule has 122 valence electrons. The highest BCUT2D eigenvalue weighted by molar-refractivity contribution is 7.16. The summed E-state index contributed by atoms with van der Waals surface area (Å²) in [5, 5.41) is 3.43. The predicted molar refractivity (Wildman–Crippen MR) is 90.2 cm³/mol. The quantitative estimate of drug-likeness (QED) is 0.878. The smallest absolute Gasteiger partial charge is 0.226 e. The molecule has 1 amide bonds. The van der Waals surface area contributed by atoms with E-state index in [4.69, 9.17) is 15.2 Å². The van der Waals surface area contributed by atoms with Gasteiger partial charge in [0, 0.05) is 16.9 Å². The molecular weight excluding hydrogens is 314 g/mol. The van der Waals surface area contributed by atoms with Gasteiger partial charge in [0.05, 0.1) is 5.69 Å². The number of amides is 1. The van der Waals surface area contributed by atoms with Crippen LogP contribution in [0.15, 0.2) is 18.2 Å². The fourth-order valence-electron chi connectivity index (χ4n) is 2.35. The zero-order chi connectivity index (χ0) is 16.2. The third-order valence-corrected chi connectivity index (χ3v) is 4.35. The Morgan fingerprint density at radius 3 is 2.91 bits per heavy atom. The van der Waals surface area contributed by atoms with Crippen molar-refractivity contribution in [2.24, 2.45) is 5.73 Å². The molecule has 3 N–H and O–H groups in total. The molecule has 1 aliphatic heterocycles. The van der Waals surface area contributed by atoms with Gasteiger partial charge < -0.3 is 20.5 Å². The van der Waals surface area contributed by atoms with Crippen molar-refractivity contribution < 1.29 is 14.3 Å². The molecule has 2 heterocycles. The van der Waals surface area contributed by atoms with Gasteiger partial charge in [-0.1, -0.05) is 0 Å². The first-order valence-corrected chi connectivity index (χ1v) is 8.36. The molecule has 0 bridgehead atoms. The fourth-order valence-corrected chi connectivity index (χ4v) is 3.20. The summed E-state index contributed by atoms with van der Waals surface area (Å²) >= 11 is 1.46. The summed E-state index contributed by atoms with van der Waals surface area (Å²) in [5.74, 6) is 1.43. The molecule has 0 saturated carbocycles. The average molecular weight is 333 g/mol. The number of nitrogens with one attached hydrogen (secondary N) is 1. The molecule has 1 aromatic carbocycles. The molecule has 2 aromatic rings. The number of aryl methyl sites for hydroxylation is 1. The van der Waals surface area contributed by atoms with E-state index in [2.05, 4.69) is 10.3 Å². The average Bonchev–Trinajstić information content (AvgIpc) is 2.92. The highest BCUT2D eigenvalue weighted by Crippen LogP contribution is 2.37. The van der Waals surface area contributed by atoms with Crippen LogP contribution in [0.4, 0.5) is 5.13 Å². The molecule has 0 atom stereocenters. The minimum absolute atomic E-state index is 0.0575. The number of nitrogens with zero attached hydrogens (tertiary/aromatic N) is 1. The lowest BCUT2D eigenvalue weighted by Crippen LogP contribution is -2.15. The number of carbonyl (C=O) groups is 1. The molecule has 1 aliphatic rings. The number of nitrogens with two attached hydrogens (primary N) is 1. The molecule has 0 spiro atoms. The number of ether oxygens (including phenoxy) is 2. The number of thiazole rings is 1. The van der Waals surface area contributed by atoms with E-state index in [0.717, 1.165) is 27.6 Å². The van der Waals surface area contributed by atoms with Crippen molar-refractivity contribution in [2.75, 3.05) is 25.1 Å². The van der Waals surface area contributed by atoms with Crippen molar-refractivity contribution in [1.82, 2.24) is 4.98 Å². The van der Waals surface area contributed by atoms with Crippen LogP contribution >= 0.6 is 11.3 Å². The van der Waals surface area contributed by atoms with Crippen molar-refractivity contribution >= 4 is 22.4 Å². The maximum Gasteiger partial charge on any atom is 0.226 e. The van der Waals surface area contributed by atoms with Crippen LogP contribution < -0.4 is 20.5 Å². The molecule has 0 fully saturated rings. The SMILES string of the molecule is Cc1sc(NC(=O)CCCN)nc1-c1ccc2c(c1)OCCO2. The Labute approximate surface area is 138 Å². The van der Waals surface area contributed by atoms with E-state index in [9.17, 15) is 4.79 Å². The fraction of sp³-hybridized carbons (Fsp3) is 0.375. The summed E-state index contributed by atoms with van der Waals surface area (Å²) in [4.78, 5) is 17.4. The standard InChI is InChI=1S/C16H19N3O3S/c1-10-15(19-16(23-10)18-14(20)3-2-6-17)11-4-5-12-13(9-11)22-8-7-21-12/h4-5,9H,2-3,6-8,17H2,1H3,(H,18,19,20). The third-order valence-electron chi connectivity index (χ3n) is 3.47. The second kappa shape index (κ2) is 6.97. The van der Waals surface area contributed by atoms with Gasteiger partial charge >= 0.3 is 0 Å². The van der Waals surface area contributed by atoms with Gasteiger partial charge in [0.1, 0.15) is 13.2 Å². The molecule has 3 rings (SSSR count). The number of aromatic nitrogens is 1. The molecule has 1 aromatic heterocycles. The van der Waals surface area contributed by atoms with Crippen LogP contribution in [0.3, 0.4) is 0 Å². The molecule has 6 nitrogen and oxygen atoms in total. The van der Waals surface area contributed by atoms with Gasteiger partial charge in [0.15, 0.2) is 16.6 Å². The minimum Gasteiger partial charge on any atom is -0.486 e. The lowest BCUT2D eigenvalue weighted by atomic mass is 10.1. The van der Waals surface area contributed by atoms with Crippen molar-refractivity contribution in [3.63, 3.8) is 0 Å². The third kappa shape index (κ3) is 3.62. The Morgan fingerprint density at radius 1 is 1.35 bits per heavy atom. The zero-order valence-corrected chi connectivity index (χ0v) is 13.7. The normalized spacial score (nSPS) is 13.0. The number of fused-ring (bicyclic) bond motifs is 1. The summed E-state index contributed by atoms with van der Waals surface area (Å²) in [7, 11) is 0. The van der Waals surface area contributed by atoms with Gasteiger partial charge in [-0.05, 0) is 38.1 Å².